The van der Waals surface area contributed by atoms with Crippen LogP contribution in [-0.2, 0) is 0 Å². The van der Waals surface area contributed by atoms with Gasteiger partial charge in [0.2, 0.25) is 5.82 Å². The molecule has 4 rings (SSSR count). The van der Waals surface area contributed by atoms with Gasteiger partial charge in [-0.3, -0.25) is 4.90 Å². The molecular formula is C24H30F2N2O2. The predicted octanol–water partition coefficient (Wildman–Crippen LogP) is 5.01. The van der Waals surface area contributed by atoms with E-state index >= 15 is 0 Å². The summed E-state index contributed by atoms with van der Waals surface area (Å²) in [5.74, 6) is -0.903. The number of fused-ring (bicyclic) bond motifs is 1. The molecule has 2 aliphatic heterocycles. The van der Waals surface area contributed by atoms with E-state index in [9.17, 15) is 8.78 Å². The number of anilines is 1. The molecule has 162 valence electrons. The van der Waals surface area contributed by atoms with Crippen molar-refractivity contribution in [3.63, 3.8) is 0 Å². The fourth-order valence-corrected chi connectivity index (χ4v) is 5.10. The fourth-order valence-electron chi connectivity index (χ4n) is 5.10. The lowest BCUT2D eigenvalue weighted by Gasteiger charge is -2.49. The highest BCUT2D eigenvalue weighted by molar-refractivity contribution is 5.53. The van der Waals surface area contributed by atoms with E-state index in [0.29, 0.717) is 17.8 Å². The molecule has 30 heavy (non-hydrogen) atoms. The number of benzene rings is 2. The molecule has 2 fully saturated rings. The number of ether oxygens (including phenoxy) is 2. The number of rotatable bonds is 4. The van der Waals surface area contributed by atoms with E-state index in [1.807, 2.05) is 0 Å². The number of halogens is 2. The van der Waals surface area contributed by atoms with Crippen LogP contribution < -0.4 is 14.4 Å². The van der Waals surface area contributed by atoms with Crippen LogP contribution in [-0.4, -0.2) is 44.8 Å². The van der Waals surface area contributed by atoms with Gasteiger partial charge >= 0.3 is 0 Å². The Morgan fingerprint density at radius 3 is 2.43 bits per heavy atom. The van der Waals surface area contributed by atoms with Crippen molar-refractivity contribution in [3.05, 3.63) is 52.6 Å². The number of piperidine rings is 1. The second-order valence-corrected chi connectivity index (χ2v) is 8.34. The molecule has 2 saturated heterocycles. The minimum Gasteiger partial charge on any atom is -0.496 e. The van der Waals surface area contributed by atoms with Crippen molar-refractivity contribution in [3.8, 4) is 11.5 Å². The topological polar surface area (TPSA) is 24.9 Å². The summed E-state index contributed by atoms with van der Waals surface area (Å²) in [7, 11) is 3.08. The highest BCUT2D eigenvalue weighted by Crippen LogP contribution is 2.40. The quantitative estimate of drug-likeness (QED) is 0.699. The van der Waals surface area contributed by atoms with Crippen LogP contribution in [0.1, 0.15) is 42.0 Å². The Morgan fingerprint density at radius 2 is 1.70 bits per heavy atom. The zero-order chi connectivity index (χ0) is 21.4. The molecule has 2 aromatic rings. The molecule has 0 bridgehead atoms. The smallest absolute Gasteiger partial charge is 0.200 e. The van der Waals surface area contributed by atoms with Crippen LogP contribution in [0.2, 0.25) is 0 Å². The largest absolute Gasteiger partial charge is 0.496 e. The summed E-state index contributed by atoms with van der Waals surface area (Å²) < 4.78 is 38.4. The van der Waals surface area contributed by atoms with Crippen LogP contribution in [0, 0.1) is 25.5 Å². The van der Waals surface area contributed by atoms with Crippen LogP contribution in [0.5, 0.6) is 11.5 Å². The first-order valence-corrected chi connectivity index (χ1v) is 10.6. The summed E-state index contributed by atoms with van der Waals surface area (Å²) in [5.41, 5.74) is 4.56. The Bertz CT molecular complexity index is 934. The molecule has 0 saturated carbocycles. The van der Waals surface area contributed by atoms with E-state index in [1.165, 1.54) is 29.9 Å². The van der Waals surface area contributed by atoms with Gasteiger partial charge in [0.15, 0.2) is 11.6 Å². The maximum absolute atomic E-state index is 14.0. The first-order chi connectivity index (χ1) is 14.4. The van der Waals surface area contributed by atoms with Crippen LogP contribution in [0.15, 0.2) is 24.3 Å². The van der Waals surface area contributed by atoms with E-state index in [4.69, 9.17) is 9.47 Å². The van der Waals surface area contributed by atoms with Gasteiger partial charge in [0, 0.05) is 49.5 Å². The number of nitrogens with zero attached hydrogens (tertiary/aromatic N) is 2. The average molecular weight is 417 g/mol. The molecule has 4 nitrogen and oxygen atoms in total. The number of hydrogen-bond acceptors (Lipinski definition) is 4. The minimum absolute atomic E-state index is 0.0433. The number of methoxy groups -OCH3 is 2. The zero-order valence-electron chi connectivity index (χ0n) is 18.2. The average Bonchev–Trinajstić information content (AvgIpc) is 2.76. The second-order valence-electron chi connectivity index (χ2n) is 8.34. The van der Waals surface area contributed by atoms with E-state index < -0.39 is 11.6 Å². The summed E-state index contributed by atoms with van der Waals surface area (Å²) >= 11 is 0. The normalized spacial score (nSPS) is 22.0. The van der Waals surface area contributed by atoms with Gasteiger partial charge in [-0.05, 0) is 55.9 Å². The SMILES string of the molecule is COc1ccc([C@H]2CCC[C@H]3CN(c4cc(F)c(F)c(OC)c4)CCN32)c(C)c1C. The summed E-state index contributed by atoms with van der Waals surface area (Å²) in [5, 5.41) is 0. The molecule has 2 atom stereocenters. The summed E-state index contributed by atoms with van der Waals surface area (Å²) in [4.78, 5) is 4.76. The van der Waals surface area contributed by atoms with E-state index in [1.54, 1.807) is 13.2 Å². The lowest BCUT2D eigenvalue weighted by atomic mass is 9.86. The van der Waals surface area contributed by atoms with Gasteiger partial charge < -0.3 is 14.4 Å². The molecular weight excluding hydrogens is 386 g/mol. The van der Waals surface area contributed by atoms with Crippen molar-refractivity contribution in [2.75, 3.05) is 38.8 Å². The molecule has 0 spiro atoms. The zero-order valence-corrected chi connectivity index (χ0v) is 18.2. The molecule has 2 heterocycles. The van der Waals surface area contributed by atoms with Crippen molar-refractivity contribution in [1.29, 1.82) is 0 Å². The highest BCUT2D eigenvalue weighted by Gasteiger charge is 2.36. The molecule has 6 heteroatoms. The third-order valence-electron chi connectivity index (χ3n) is 6.87. The Morgan fingerprint density at radius 1 is 0.933 bits per heavy atom. The monoisotopic (exact) mass is 416 g/mol. The lowest BCUT2D eigenvalue weighted by molar-refractivity contribution is 0.0712. The Kier molecular flexibility index (Phi) is 5.87. The maximum Gasteiger partial charge on any atom is 0.200 e. The van der Waals surface area contributed by atoms with Crippen molar-refractivity contribution in [2.45, 2.75) is 45.2 Å². The van der Waals surface area contributed by atoms with Crippen LogP contribution in [0.4, 0.5) is 14.5 Å². The molecule has 0 aliphatic carbocycles. The maximum atomic E-state index is 14.0. The minimum atomic E-state index is -0.928. The van der Waals surface area contributed by atoms with Gasteiger partial charge in [0.25, 0.3) is 0 Å². The molecule has 0 N–H and O–H groups in total. The summed E-state index contributed by atoms with van der Waals surface area (Å²) in [6.07, 6.45) is 3.41. The van der Waals surface area contributed by atoms with Gasteiger partial charge in [-0.2, -0.15) is 4.39 Å². The predicted molar refractivity (Wildman–Crippen MR) is 115 cm³/mol. The van der Waals surface area contributed by atoms with Gasteiger partial charge in [0.05, 0.1) is 14.2 Å². The van der Waals surface area contributed by atoms with E-state index in [2.05, 4.69) is 35.8 Å². The third kappa shape index (κ3) is 3.62. The van der Waals surface area contributed by atoms with Crippen LogP contribution in [0.3, 0.4) is 0 Å². The van der Waals surface area contributed by atoms with Gasteiger partial charge in [0.1, 0.15) is 5.75 Å². The first kappa shape index (κ1) is 20.9. The molecule has 0 unspecified atom stereocenters. The van der Waals surface area contributed by atoms with Crippen molar-refractivity contribution in [1.82, 2.24) is 4.90 Å². The second kappa shape index (κ2) is 8.42. The first-order valence-electron chi connectivity index (χ1n) is 10.6. The highest BCUT2D eigenvalue weighted by atomic mass is 19.2. The molecule has 0 amide bonds. The van der Waals surface area contributed by atoms with Crippen LogP contribution in [0.25, 0.3) is 0 Å². The Hall–Kier alpha value is -2.34. The fraction of sp³-hybridized carbons (Fsp3) is 0.500. The molecule has 2 aromatic carbocycles. The lowest BCUT2D eigenvalue weighted by Crippen LogP contribution is -2.56. The summed E-state index contributed by atoms with van der Waals surface area (Å²) in [6.45, 7) is 6.77. The Balaban J connectivity index is 1.57. The number of hydrogen-bond donors (Lipinski definition) is 0. The number of piperazine rings is 1. The van der Waals surface area contributed by atoms with Gasteiger partial charge in [-0.15, -0.1) is 0 Å². The van der Waals surface area contributed by atoms with Gasteiger partial charge in [-0.25, -0.2) is 4.39 Å². The Labute approximate surface area is 177 Å². The summed E-state index contributed by atoms with van der Waals surface area (Å²) in [6, 6.07) is 7.94. The molecule has 0 radical (unpaired) electrons. The molecule has 0 aromatic heterocycles. The van der Waals surface area contributed by atoms with Crippen molar-refractivity contribution >= 4 is 5.69 Å². The van der Waals surface area contributed by atoms with E-state index in [-0.39, 0.29) is 5.75 Å². The molecule has 2 aliphatic rings. The van der Waals surface area contributed by atoms with Crippen molar-refractivity contribution < 1.29 is 18.3 Å². The van der Waals surface area contributed by atoms with E-state index in [0.717, 1.165) is 44.6 Å². The standard InChI is InChI=1S/C24H30F2N2O2/c1-15-16(2)22(29-3)9-8-19(15)21-7-5-6-17-14-27(10-11-28(17)21)18-12-20(25)24(26)23(13-18)30-4/h8-9,12-13,17,21H,5-7,10-11,14H2,1-4H3/t17-,21+/m0/s1. The third-order valence-corrected chi connectivity index (χ3v) is 6.87. The van der Waals surface area contributed by atoms with Gasteiger partial charge in [-0.1, -0.05) is 6.07 Å². The van der Waals surface area contributed by atoms with Crippen molar-refractivity contribution in [2.24, 2.45) is 0 Å². The van der Waals surface area contributed by atoms with Crippen LogP contribution >= 0.6 is 0 Å².